The largest absolute Gasteiger partial charge is 0.393 e. The van der Waals surface area contributed by atoms with Crippen molar-refractivity contribution in [2.75, 3.05) is 0 Å². The molecule has 0 spiro atoms. The number of hydrogen-bond donors (Lipinski definition) is 1. The number of rotatable bonds is 9. The Morgan fingerprint density at radius 1 is 1.13 bits per heavy atom. The third kappa shape index (κ3) is 8.61. The molecule has 0 aromatic rings. The van der Waals surface area contributed by atoms with Crippen LogP contribution in [0.25, 0.3) is 0 Å². The number of aliphatic hydroxyl groups is 1. The van der Waals surface area contributed by atoms with E-state index in [4.69, 9.17) is 0 Å². The van der Waals surface area contributed by atoms with Crippen LogP contribution in [0, 0.1) is 5.92 Å². The van der Waals surface area contributed by atoms with Gasteiger partial charge in [-0.3, -0.25) is 4.79 Å². The van der Waals surface area contributed by atoms with E-state index in [2.05, 4.69) is 6.92 Å². The van der Waals surface area contributed by atoms with Gasteiger partial charge in [0.1, 0.15) is 5.78 Å². The summed E-state index contributed by atoms with van der Waals surface area (Å²) in [6, 6.07) is 0. The molecule has 0 aliphatic carbocycles. The van der Waals surface area contributed by atoms with Gasteiger partial charge in [-0.05, 0) is 26.2 Å². The van der Waals surface area contributed by atoms with Crippen LogP contribution in [-0.4, -0.2) is 17.0 Å². The molecule has 0 heterocycles. The molecule has 0 aromatic carbocycles. The molecule has 2 atom stereocenters. The Hall–Kier alpha value is -0.370. The van der Waals surface area contributed by atoms with E-state index in [0.717, 1.165) is 32.1 Å². The highest BCUT2D eigenvalue weighted by atomic mass is 16.3. The molecule has 1 N–H and O–H groups in total. The normalized spacial score (nSPS) is 14.9. The molecule has 2 unspecified atom stereocenters. The van der Waals surface area contributed by atoms with Crippen LogP contribution in [0.4, 0.5) is 0 Å². The molecule has 90 valence electrons. The molecule has 0 saturated heterocycles. The zero-order chi connectivity index (χ0) is 11.7. The molecule has 0 aliphatic heterocycles. The van der Waals surface area contributed by atoms with Crippen LogP contribution in [0.2, 0.25) is 0 Å². The van der Waals surface area contributed by atoms with Gasteiger partial charge in [-0.25, -0.2) is 0 Å². The van der Waals surface area contributed by atoms with Gasteiger partial charge in [0.2, 0.25) is 0 Å². The van der Waals surface area contributed by atoms with Crippen molar-refractivity contribution >= 4 is 5.78 Å². The third-order valence-corrected chi connectivity index (χ3v) is 3.01. The first-order valence-electron chi connectivity index (χ1n) is 6.26. The Kier molecular flexibility index (Phi) is 8.68. The van der Waals surface area contributed by atoms with Crippen molar-refractivity contribution in [1.29, 1.82) is 0 Å². The van der Waals surface area contributed by atoms with Gasteiger partial charge in [0, 0.05) is 5.92 Å². The van der Waals surface area contributed by atoms with Crippen LogP contribution in [0.15, 0.2) is 0 Å². The van der Waals surface area contributed by atoms with Crippen LogP contribution in [0.3, 0.4) is 0 Å². The molecule has 0 aromatic heterocycles. The van der Waals surface area contributed by atoms with Crippen LogP contribution < -0.4 is 0 Å². The summed E-state index contributed by atoms with van der Waals surface area (Å²) in [4.78, 5) is 11.0. The van der Waals surface area contributed by atoms with Gasteiger partial charge in [-0.2, -0.15) is 0 Å². The lowest BCUT2D eigenvalue weighted by molar-refractivity contribution is -0.120. The van der Waals surface area contributed by atoms with Crippen molar-refractivity contribution in [1.82, 2.24) is 0 Å². The maximum Gasteiger partial charge on any atom is 0.132 e. The molecular formula is C13H26O2. The monoisotopic (exact) mass is 214 g/mol. The zero-order valence-corrected chi connectivity index (χ0v) is 10.5. The first-order chi connectivity index (χ1) is 7.07. The van der Waals surface area contributed by atoms with Gasteiger partial charge in [-0.15, -0.1) is 0 Å². The van der Waals surface area contributed by atoms with Gasteiger partial charge >= 0.3 is 0 Å². The highest BCUT2D eigenvalue weighted by Gasteiger charge is 2.09. The zero-order valence-electron chi connectivity index (χ0n) is 10.5. The summed E-state index contributed by atoms with van der Waals surface area (Å²) in [6.07, 6.45) is 7.03. The van der Waals surface area contributed by atoms with E-state index >= 15 is 0 Å². The average Bonchev–Trinajstić information content (AvgIpc) is 2.18. The maximum atomic E-state index is 11.0. The van der Waals surface area contributed by atoms with E-state index in [-0.39, 0.29) is 17.8 Å². The summed E-state index contributed by atoms with van der Waals surface area (Å²) in [6.45, 7) is 5.77. The highest BCUT2D eigenvalue weighted by Crippen LogP contribution is 2.13. The number of hydrogen-bond acceptors (Lipinski definition) is 2. The minimum absolute atomic E-state index is 0.157. The molecule has 0 aliphatic rings. The van der Waals surface area contributed by atoms with Gasteiger partial charge in [-0.1, -0.05) is 39.5 Å². The van der Waals surface area contributed by atoms with Crippen LogP contribution >= 0.6 is 0 Å². The summed E-state index contributed by atoms with van der Waals surface area (Å²) in [5.74, 6) is 0.420. The van der Waals surface area contributed by atoms with Crippen LogP contribution in [0.5, 0.6) is 0 Å². The summed E-state index contributed by atoms with van der Waals surface area (Å²) < 4.78 is 0. The second-order valence-electron chi connectivity index (χ2n) is 4.59. The molecule has 0 saturated carbocycles. The quantitative estimate of drug-likeness (QED) is 0.598. The molecule has 2 heteroatoms. The number of carbonyl (C=O) groups excluding carboxylic acids is 1. The molecule has 0 radical (unpaired) electrons. The molecule has 2 nitrogen and oxygen atoms in total. The fourth-order valence-electron chi connectivity index (χ4n) is 1.64. The third-order valence-electron chi connectivity index (χ3n) is 3.01. The maximum absolute atomic E-state index is 11.0. The summed E-state index contributed by atoms with van der Waals surface area (Å²) in [5, 5.41) is 9.64. The van der Waals surface area contributed by atoms with E-state index < -0.39 is 0 Å². The van der Waals surface area contributed by atoms with Crippen LogP contribution in [0.1, 0.15) is 65.7 Å². The standard InChI is InChI=1S/C13H26O2/c1-4-5-6-9-13(15)10-7-8-11(2)12(3)14/h11,13,15H,4-10H2,1-3H3. The number of ketones is 1. The number of unbranched alkanes of at least 4 members (excludes halogenated alkanes) is 2. The predicted molar refractivity (Wildman–Crippen MR) is 63.8 cm³/mol. The lowest BCUT2D eigenvalue weighted by Gasteiger charge is -2.11. The van der Waals surface area contributed by atoms with E-state index in [1.54, 1.807) is 6.92 Å². The van der Waals surface area contributed by atoms with E-state index in [1.807, 2.05) is 6.92 Å². The Labute approximate surface area is 94.1 Å². The molecular weight excluding hydrogens is 188 g/mol. The second kappa shape index (κ2) is 8.90. The molecule has 0 amide bonds. The molecule has 0 rings (SSSR count). The fraction of sp³-hybridized carbons (Fsp3) is 0.923. The Morgan fingerprint density at radius 2 is 1.73 bits per heavy atom. The lowest BCUT2D eigenvalue weighted by atomic mass is 9.98. The lowest BCUT2D eigenvalue weighted by Crippen LogP contribution is -2.10. The van der Waals surface area contributed by atoms with Crippen molar-refractivity contribution in [3.8, 4) is 0 Å². The topological polar surface area (TPSA) is 37.3 Å². The SMILES string of the molecule is CCCCCC(O)CCCC(C)C(C)=O. The predicted octanol–water partition coefficient (Wildman–Crippen LogP) is 3.32. The first kappa shape index (κ1) is 14.6. The van der Waals surface area contributed by atoms with Crippen molar-refractivity contribution in [3.05, 3.63) is 0 Å². The average molecular weight is 214 g/mol. The second-order valence-corrected chi connectivity index (χ2v) is 4.59. The first-order valence-corrected chi connectivity index (χ1v) is 6.26. The smallest absolute Gasteiger partial charge is 0.132 e. The number of carbonyl (C=O) groups is 1. The molecule has 0 bridgehead atoms. The number of aliphatic hydroxyl groups excluding tert-OH is 1. The fourth-order valence-corrected chi connectivity index (χ4v) is 1.64. The van der Waals surface area contributed by atoms with Crippen molar-refractivity contribution in [2.24, 2.45) is 5.92 Å². The van der Waals surface area contributed by atoms with Gasteiger partial charge < -0.3 is 5.11 Å². The Morgan fingerprint density at radius 3 is 2.27 bits per heavy atom. The van der Waals surface area contributed by atoms with Crippen molar-refractivity contribution < 1.29 is 9.90 Å². The van der Waals surface area contributed by atoms with E-state index in [0.29, 0.717) is 0 Å². The highest BCUT2D eigenvalue weighted by molar-refractivity contribution is 5.77. The summed E-state index contributed by atoms with van der Waals surface area (Å²) in [5.41, 5.74) is 0. The molecule has 15 heavy (non-hydrogen) atoms. The van der Waals surface area contributed by atoms with E-state index in [9.17, 15) is 9.90 Å². The molecule has 0 fully saturated rings. The van der Waals surface area contributed by atoms with Crippen molar-refractivity contribution in [3.63, 3.8) is 0 Å². The van der Waals surface area contributed by atoms with Crippen LogP contribution in [-0.2, 0) is 4.79 Å². The minimum atomic E-state index is -0.157. The Bertz CT molecular complexity index is 166. The summed E-state index contributed by atoms with van der Waals surface area (Å²) >= 11 is 0. The van der Waals surface area contributed by atoms with Gasteiger partial charge in [0.25, 0.3) is 0 Å². The minimum Gasteiger partial charge on any atom is -0.393 e. The Balaban J connectivity index is 3.38. The number of Topliss-reactive ketones (excluding diaryl/α,β-unsaturated/α-hetero) is 1. The van der Waals surface area contributed by atoms with Gasteiger partial charge in [0.15, 0.2) is 0 Å². The summed E-state index contributed by atoms with van der Waals surface area (Å²) in [7, 11) is 0. The van der Waals surface area contributed by atoms with Gasteiger partial charge in [0.05, 0.1) is 6.10 Å². The van der Waals surface area contributed by atoms with Crippen molar-refractivity contribution in [2.45, 2.75) is 71.8 Å². The van der Waals surface area contributed by atoms with E-state index in [1.165, 1.54) is 12.8 Å².